The van der Waals surface area contributed by atoms with Crippen molar-refractivity contribution in [1.82, 2.24) is 24.6 Å². The minimum Gasteiger partial charge on any atom is -0.336 e. The van der Waals surface area contributed by atoms with Crippen LogP contribution in [0.15, 0.2) is 35.5 Å². The van der Waals surface area contributed by atoms with Gasteiger partial charge in [-0.25, -0.2) is 0 Å². The molecule has 1 aromatic heterocycles. The Morgan fingerprint density at radius 1 is 1.16 bits per heavy atom. The molecule has 1 amide bonds. The first-order valence-corrected chi connectivity index (χ1v) is 12.3. The van der Waals surface area contributed by atoms with E-state index in [4.69, 9.17) is 0 Å². The lowest BCUT2D eigenvalue weighted by atomic mass is 9.97. The number of hydrogen-bond donors (Lipinski definition) is 0. The highest BCUT2D eigenvalue weighted by Gasteiger charge is 2.33. The van der Waals surface area contributed by atoms with Crippen molar-refractivity contribution >= 4 is 17.7 Å². The van der Waals surface area contributed by atoms with Crippen LogP contribution < -0.4 is 0 Å². The number of aromatic nitrogens is 3. The second-order valence-corrected chi connectivity index (χ2v) is 10.2. The molecule has 0 spiro atoms. The fourth-order valence-electron chi connectivity index (χ4n) is 4.60. The summed E-state index contributed by atoms with van der Waals surface area (Å²) in [5.41, 5.74) is 1.20. The quantitative estimate of drug-likeness (QED) is 0.558. The molecule has 0 saturated carbocycles. The molecule has 1 aromatic carbocycles. The van der Waals surface area contributed by atoms with Crippen LogP contribution in [0.4, 0.5) is 0 Å². The summed E-state index contributed by atoms with van der Waals surface area (Å²) in [4.78, 5) is 17.6. The molecule has 0 aliphatic carbocycles. The lowest BCUT2D eigenvalue weighted by Gasteiger charge is -2.40. The number of piperidine rings is 1. The van der Waals surface area contributed by atoms with Gasteiger partial charge in [0.05, 0.1) is 17.8 Å². The third-order valence-corrected chi connectivity index (χ3v) is 7.38. The molecule has 2 heterocycles. The predicted molar refractivity (Wildman–Crippen MR) is 127 cm³/mol. The van der Waals surface area contributed by atoms with Gasteiger partial charge in [-0.1, -0.05) is 49.0 Å². The van der Waals surface area contributed by atoms with Gasteiger partial charge in [0, 0.05) is 12.1 Å². The lowest BCUT2D eigenvalue weighted by molar-refractivity contribution is -0.136. The number of rotatable bonds is 8. The molecule has 4 atom stereocenters. The molecule has 1 aliphatic rings. The van der Waals surface area contributed by atoms with Crippen LogP contribution in [0.3, 0.4) is 0 Å². The summed E-state index contributed by atoms with van der Waals surface area (Å²) in [5.74, 6) is 1.17. The standard InChI is InChI=1S/C24H37N5OS/c1-7-21(27(5)6)22-25-26-24(28(22)16-20-14-9-8-10-15-20)31-19(4)23(30)29-17(2)12-11-13-18(29)3/h8-10,14-15,17-19,21H,7,11-13,16H2,1-6H3/t17-,18+,19-,21-/m1/s1. The fourth-order valence-corrected chi connectivity index (χ4v) is 5.51. The van der Waals surface area contributed by atoms with Crippen molar-refractivity contribution in [2.24, 2.45) is 0 Å². The Bertz CT molecular complexity index is 843. The molecular weight excluding hydrogens is 406 g/mol. The van der Waals surface area contributed by atoms with Crippen LogP contribution in [0, 0.1) is 0 Å². The maximum Gasteiger partial charge on any atom is 0.236 e. The molecule has 7 heteroatoms. The Morgan fingerprint density at radius 2 is 1.81 bits per heavy atom. The first-order chi connectivity index (χ1) is 14.8. The predicted octanol–water partition coefficient (Wildman–Crippen LogP) is 4.61. The molecule has 0 N–H and O–H groups in total. The molecule has 0 radical (unpaired) electrons. The second-order valence-electron chi connectivity index (χ2n) is 8.93. The van der Waals surface area contributed by atoms with Gasteiger partial charge in [-0.2, -0.15) is 0 Å². The summed E-state index contributed by atoms with van der Waals surface area (Å²) < 4.78 is 2.20. The van der Waals surface area contributed by atoms with Gasteiger partial charge < -0.3 is 9.47 Å². The Kier molecular flexibility index (Phi) is 8.17. The van der Waals surface area contributed by atoms with Crippen molar-refractivity contribution < 1.29 is 4.79 Å². The molecule has 6 nitrogen and oxygen atoms in total. The smallest absolute Gasteiger partial charge is 0.236 e. The van der Waals surface area contributed by atoms with E-state index in [2.05, 4.69) is 83.7 Å². The third-order valence-electron chi connectivity index (χ3n) is 6.32. The lowest BCUT2D eigenvalue weighted by Crippen LogP contribution is -2.50. The summed E-state index contributed by atoms with van der Waals surface area (Å²) in [6.07, 6.45) is 4.32. The number of thioether (sulfide) groups is 1. The minimum absolute atomic E-state index is 0.179. The van der Waals surface area contributed by atoms with Crippen LogP contribution >= 0.6 is 11.8 Å². The first-order valence-electron chi connectivity index (χ1n) is 11.5. The van der Waals surface area contributed by atoms with Crippen LogP contribution in [-0.2, 0) is 11.3 Å². The zero-order chi connectivity index (χ0) is 22.5. The fraction of sp³-hybridized carbons (Fsp3) is 0.625. The van der Waals surface area contributed by atoms with Gasteiger partial charge in [0.2, 0.25) is 5.91 Å². The first kappa shape index (κ1) is 23.8. The van der Waals surface area contributed by atoms with Gasteiger partial charge in [-0.05, 0) is 66.1 Å². The highest BCUT2D eigenvalue weighted by Crippen LogP contribution is 2.31. The number of carbonyl (C=O) groups excluding carboxylic acids is 1. The van der Waals surface area contributed by atoms with E-state index in [1.165, 1.54) is 23.7 Å². The monoisotopic (exact) mass is 443 g/mol. The highest BCUT2D eigenvalue weighted by molar-refractivity contribution is 8.00. The van der Waals surface area contributed by atoms with Crippen LogP contribution in [0.1, 0.15) is 70.8 Å². The summed E-state index contributed by atoms with van der Waals surface area (Å²) in [6, 6.07) is 11.2. The van der Waals surface area contributed by atoms with E-state index in [9.17, 15) is 4.79 Å². The number of carbonyl (C=O) groups is 1. The van der Waals surface area contributed by atoms with Crippen molar-refractivity contribution in [2.45, 2.75) is 88.5 Å². The van der Waals surface area contributed by atoms with Gasteiger partial charge in [-0.3, -0.25) is 9.69 Å². The molecule has 1 fully saturated rings. The number of benzene rings is 1. The largest absolute Gasteiger partial charge is 0.336 e. The van der Waals surface area contributed by atoms with E-state index in [0.717, 1.165) is 30.2 Å². The number of amides is 1. The summed E-state index contributed by atoms with van der Waals surface area (Å²) in [7, 11) is 4.15. The van der Waals surface area contributed by atoms with E-state index in [1.807, 2.05) is 13.0 Å². The maximum atomic E-state index is 13.3. The van der Waals surface area contributed by atoms with Crippen molar-refractivity contribution in [3.63, 3.8) is 0 Å². The molecule has 2 aromatic rings. The van der Waals surface area contributed by atoms with Crippen LogP contribution in [0.2, 0.25) is 0 Å². The molecule has 3 rings (SSSR count). The van der Waals surface area contributed by atoms with Crippen molar-refractivity contribution in [3.05, 3.63) is 41.7 Å². The van der Waals surface area contributed by atoms with Crippen molar-refractivity contribution in [3.8, 4) is 0 Å². The average Bonchev–Trinajstić information content (AvgIpc) is 3.10. The average molecular weight is 444 g/mol. The van der Waals surface area contributed by atoms with E-state index in [0.29, 0.717) is 18.6 Å². The van der Waals surface area contributed by atoms with E-state index in [-0.39, 0.29) is 17.2 Å². The summed E-state index contributed by atoms with van der Waals surface area (Å²) in [5, 5.41) is 9.75. The van der Waals surface area contributed by atoms with Gasteiger partial charge in [0.1, 0.15) is 0 Å². The Morgan fingerprint density at radius 3 is 2.39 bits per heavy atom. The number of hydrogen-bond acceptors (Lipinski definition) is 5. The number of likely N-dealkylation sites (tertiary alicyclic amines) is 1. The highest BCUT2D eigenvalue weighted by atomic mass is 32.2. The summed E-state index contributed by atoms with van der Waals surface area (Å²) >= 11 is 1.54. The van der Waals surface area contributed by atoms with Gasteiger partial charge in [0.25, 0.3) is 0 Å². The zero-order valence-corrected chi connectivity index (χ0v) is 20.6. The molecule has 0 bridgehead atoms. The number of nitrogens with zero attached hydrogens (tertiary/aromatic N) is 5. The molecule has 1 aliphatic heterocycles. The minimum atomic E-state index is -0.200. The van der Waals surface area contributed by atoms with Crippen LogP contribution in [-0.4, -0.2) is 61.9 Å². The Balaban J connectivity index is 1.87. The van der Waals surface area contributed by atoms with Gasteiger partial charge >= 0.3 is 0 Å². The van der Waals surface area contributed by atoms with Crippen molar-refractivity contribution in [2.75, 3.05) is 14.1 Å². The normalized spacial score (nSPS) is 21.3. The Labute approximate surface area is 191 Å². The van der Waals surface area contributed by atoms with Gasteiger partial charge in [0.15, 0.2) is 11.0 Å². The zero-order valence-electron chi connectivity index (χ0n) is 19.8. The van der Waals surface area contributed by atoms with E-state index in [1.54, 1.807) is 0 Å². The van der Waals surface area contributed by atoms with Crippen LogP contribution in [0.5, 0.6) is 0 Å². The molecule has 1 saturated heterocycles. The maximum absolute atomic E-state index is 13.3. The summed E-state index contributed by atoms with van der Waals surface area (Å²) in [6.45, 7) is 9.22. The van der Waals surface area contributed by atoms with Gasteiger partial charge in [-0.15, -0.1) is 10.2 Å². The van der Waals surface area contributed by atoms with Crippen LogP contribution in [0.25, 0.3) is 0 Å². The Hall–Kier alpha value is -1.86. The molecule has 31 heavy (non-hydrogen) atoms. The third kappa shape index (κ3) is 5.50. The second kappa shape index (κ2) is 10.6. The molecule has 170 valence electrons. The SMILES string of the molecule is CC[C@H](c1nnc(S[C@H](C)C(=O)N2[C@H](C)CCC[C@@H]2C)n1Cc1ccccc1)N(C)C. The molecule has 0 unspecified atom stereocenters. The van der Waals surface area contributed by atoms with Crippen molar-refractivity contribution in [1.29, 1.82) is 0 Å². The van der Waals surface area contributed by atoms with E-state index >= 15 is 0 Å². The molecular formula is C24H37N5OS. The topological polar surface area (TPSA) is 54.3 Å². The van der Waals surface area contributed by atoms with E-state index < -0.39 is 0 Å².